The van der Waals surface area contributed by atoms with Crippen molar-refractivity contribution in [2.75, 3.05) is 0 Å². The van der Waals surface area contributed by atoms with Gasteiger partial charge in [-0.25, -0.2) is 4.99 Å². The second kappa shape index (κ2) is 9.69. The number of para-hydroxylation sites is 1. The number of nitrogens with one attached hydrogen (secondary N) is 1. The number of guanidine groups is 1. The van der Waals surface area contributed by atoms with E-state index in [0.29, 0.717) is 12.2 Å². The van der Waals surface area contributed by atoms with Crippen LogP contribution >= 0.6 is 0 Å². The van der Waals surface area contributed by atoms with Crippen molar-refractivity contribution in [3.63, 3.8) is 0 Å². The monoisotopic (exact) mass is 519 g/mol. The summed E-state index contributed by atoms with van der Waals surface area (Å²) in [5.74, 6) is 0.0730. The van der Waals surface area contributed by atoms with Crippen LogP contribution in [0.15, 0.2) is 53.8 Å². The van der Waals surface area contributed by atoms with Crippen molar-refractivity contribution in [3.8, 4) is 5.75 Å². The van der Waals surface area contributed by atoms with Gasteiger partial charge in [0, 0.05) is 23.9 Å². The maximum Gasteiger partial charge on any atom is 0.232 e. The Labute approximate surface area is 223 Å². The summed E-state index contributed by atoms with van der Waals surface area (Å²) < 4.78 is 6.00. The maximum absolute atomic E-state index is 13.6. The summed E-state index contributed by atoms with van der Waals surface area (Å²) in [6.07, 6.45) is 4.78. The van der Waals surface area contributed by atoms with E-state index in [1.165, 1.54) is 0 Å². The van der Waals surface area contributed by atoms with Crippen LogP contribution in [-0.2, 0) is 9.59 Å². The number of benzene rings is 1. The van der Waals surface area contributed by atoms with Gasteiger partial charge < -0.3 is 20.9 Å². The highest BCUT2D eigenvalue weighted by molar-refractivity contribution is 5.99. The van der Waals surface area contributed by atoms with E-state index in [0.717, 1.165) is 24.0 Å². The van der Waals surface area contributed by atoms with Crippen molar-refractivity contribution < 1.29 is 19.4 Å². The Kier molecular flexibility index (Phi) is 6.67. The Morgan fingerprint density at radius 1 is 1.24 bits per heavy atom. The number of ether oxygens (including phenoxy) is 1. The van der Waals surface area contributed by atoms with Gasteiger partial charge in [-0.3, -0.25) is 19.5 Å². The normalized spacial score (nSPS) is 28.0. The first-order valence-electron chi connectivity index (χ1n) is 13.4. The zero-order chi connectivity index (χ0) is 27.2. The molecular formula is C29H37N5O4. The van der Waals surface area contributed by atoms with E-state index in [1.807, 2.05) is 64.1 Å². The van der Waals surface area contributed by atoms with Crippen molar-refractivity contribution in [2.24, 2.45) is 22.6 Å². The number of aromatic nitrogens is 1. The number of nitrogens with zero attached hydrogens (tertiary/aromatic N) is 3. The second-order valence-electron chi connectivity index (χ2n) is 11.3. The number of carbonyl (C=O) groups is 2. The zero-order valence-corrected chi connectivity index (χ0v) is 22.4. The highest BCUT2D eigenvalue weighted by Gasteiger charge is 2.54. The molecule has 1 unspecified atom stereocenters. The van der Waals surface area contributed by atoms with Crippen molar-refractivity contribution in [1.82, 2.24) is 15.2 Å². The number of carbonyl (C=O) groups excluding carboxylic acids is 2. The predicted molar refractivity (Wildman–Crippen MR) is 143 cm³/mol. The summed E-state index contributed by atoms with van der Waals surface area (Å²) in [7, 11) is 0. The van der Waals surface area contributed by atoms with Crippen LogP contribution in [-0.4, -0.2) is 50.0 Å². The third kappa shape index (κ3) is 4.53. The molecule has 2 amide bonds. The zero-order valence-electron chi connectivity index (χ0n) is 22.4. The maximum atomic E-state index is 13.6. The van der Waals surface area contributed by atoms with E-state index >= 15 is 0 Å². The number of rotatable bonds is 7. The Morgan fingerprint density at radius 3 is 2.63 bits per heavy atom. The largest absolute Gasteiger partial charge is 0.485 e. The molecule has 1 fully saturated rings. The van der Waals surface area contributed by atoms with E-state index in [1.54, 1.807) is 17.3 Å². The molecule has 0 bridgehead atoms. The molecule has 2 aliphatic heterocycles. The first-order chi connectivity index (χ1) is 18.1. The van der Waals surface area contributed by atoms with Crippen molar-refractivity contribution in [1.29, 1.82) is 0 Å². The smallest absolute Gasteiger partial charge is 0.232 e. The van der Waals surface area contributed by atoms with Crippen LogP contribution in [0, 0.1) is 11.8 Å². The number of hydrogen-bond donors (Lipinski definition) is 3. The van der Waals surface area contributed by atoms with E-state index in [-0.39, 0.29) is 36.0 Å². The molecule has 9 nitrogen and oxygen atoms in total. The van der Waals surface area contributed by atoms with Crippen LogP contribution in [0.5, 0.6) is 5.75 Å². The Balaban J connectivity index is 1.42. The molecule has 1 aromatic heterocycles. The minimum Gasteiger partial charge on any atom is -0.485 e. The molecule has 4 N–H and O–H groups in total. The fourth-order valence-electron chi connectivity index (χ4n) is 5.95. The van der Waals surface area contributed by atoms with Crippen LogP contribution < -0.4 is 15.8 Å². The molecule has 38 heavy (non-hydrogen) atoms. The van der Waals surface area contributed by atoms with Crippen LogP contribution in [0.3, 0.4) is 0 Å². The summed E-state index contributed by atoms with van der Waals surface area (Å²) in [5, 5.41) is 14.2. The van der Waals surface area contributed by atoms with Gasteiger partial charge in [-0.15, -0.1) is 0 Å². The molecule has 3 heterocycles. The molecule has 1 aliphatic carbocycles. The fourth-order valence-corrected chi connectivity index (χ4v) is 5.95. The highest BCUT2D eigenvalue weighted by atomic mass is 16.5. The predicted octanol–water partition coefficient (Wildman–Crippen LogP) is 3.25. The Hall–Kier alpha value is -3.46. The lowest BCUT2D eigenvalue weighted by atomic mass is 9.86. The van der Waals surface area contributed by atoms with E-state index in [9.17, 15) is 14.7 Å². The third-order valence-corrected chi connectivity index (χ3v) is 8.50. The number of aliphatic hydroxyl groups excluding tert-OH is 1. The lowest BCUT2D eigenvalue weighted by molar-refractivity contribution is -0.133. The number of hydrogen-bond acceptors (Lipinski definition) is 7. The van der Waals surface area contributed by atoms with Crippen LogP contribution in [0.2, 0.25) is 0 Å². The van der Waals surface area contributed by atoms with Gasteiger partial charge in [-0.1, -0.05) is 38.1 Å². The first-order valence-corrected chi connectivity index (χ1v) is 13.4. The summed E-state index contributed by atoms with van der Waals surface area (Å²) in [5.41, 5.74) is 6.66. The van der Waals surface area contributed by atoms with Gasteiger partial charge in [0.15, 0.2) is 5.96 Å². The summed E-state index contributed by atoms with van der Waals surface area (Å²) in [6, 6.07) is 10.1. The number of pyridine rings is 1. The van der Waals surface area contributed by atoms with Gasteiger partial charge in [-0.2, -0.15) is 0 Å². The number of fused-ring (bicyclic) bond motifs is 1. The molecule has 0 spiro atoms. The van der Waals surface area contributed by atoms with E-state index in [4.69, 9.17) is 15.5 Å². The van der Waals surface area contributed by atoms with Crippen molar-refractivity contribution >= 4 is 17.8 Å². The molecule has 1 saturated carbocycles. The molecule has 202 valence electrons. The van der Waals surface area contributed by atoms with Gasteiger partial charge in [-0.05, 0) is 56.7 Å². The molecule has 2 aromatic rings. The Morgan fingerprint density at radius 2 is 1.97 bits per heavy atom. The van der Waals surface area contributed by atoms with Gasteiger partial charge in [0.05, 0.1) is 24.0 Å². The average molecular weight is 520 g/mol. The summed E-state index contributed by atoms with van der Waals surface area (Å²) >= 11 is 0. The topological polar surface area (TPSA) is 130 Å². The molecule has 0 radical (unpaired) electrons. The number of amides is 2. The lowest BCUT2D eigenvalue weighted by Gasteiger charge is -2.42. The molecule has 9 heteroatoms. The van der Waals surface area contributed by atoms with Crippen molar-refractivity contribution in [2.45, 2.75) is 82.7 Å². The quantitative estimate of drug-likeness (QED) is 0.515. The van der Waals surface area contributed by atoms with Gasteiger partial charge in [0.2, 0.25) is 11.8 Å². The number of nitrogens with two attached hydrogens (primary N) is 1. The standard InChI is InChI=1S/C29H37N5O4/c1-5-29(6-2)15-22(35)34(27(30)33-29)24(17-10-9-13-31-16-17)19-14-20(19)26(37)32-23-18-11-7-8-12-21(18)38-28(3,4)25(23)36/h7-13,16,19-20,23-25,36H,5-6,14-15H2,1-4H3,(H2,30,33)(H,32,37)/t19?,20-,23-,24-,25+/m1/s1. The van der Waals surface area contributed by atoms with E-state index in [2.05, 4.69) is 10.3 Å². The minimum atomic E-state index is -0.935. The molecule has 0 saturated heterocycles. The average Bonchev–Trinajstić information content (AvgIpc) is 3.69. The van der Waals surface area contributed by atoms with Crippen LogP contribution in [0.1, 0.15) is 76.6 Å². The van der Waals surface area contributed by atoms with Gasteiger partial charge in [0.25, 0.3) is 0 Å². The fraction of sp³-hybridized carbons (Fsp3) is 0.517. The molecule has 5 atom stereocenters. The SMILES string of the molecule is CCC1(CC)CC(=O)N([C@H](c2cccnc2)C2C[C@H]2C(=O)N[C@@H]2c3ccccc3OC(C)(C)[C@H]2O)C(N)=N1. The summed E-state index contributed by atoms with van der Waals surface area (Å²) in [6.45, 7) is 7.66. The number of aliphatic hydroxyl groups is 1. The second-order valence-corrected chi connectivity index (χ2v) is 11.3. The molecule has 3 aliphatic rings. The van der Waals surface area contributed by atoms with E-state index < -0.39 is 29.3 Å². The van der Waals surface area contributed by atoms with Gasteiger partial charge in [0.1, 0.15) is 17.5 Å². The first kappa shape index (κ1) is 26.2. The minimum absolute atomic E-state index is 0.0864. The van der Waals surface area contributed by atoms with Gasteiger partial charge >= 0.3 is 0 Å². The lowest BCUT2D eigenvalue weighted by Crippen LogP contribution is -2.54. The van der Waals surface area contributed by atoms with Crippen LogP contribution in [0.25, 0.3) is 0 Å². The third-order valence-electron chi connectivity index (χ3n) is 8.50. The number of aliphatic imine (C=N–C) groups is 1. The summed E-state index contributed by atoms with van der Waals surface area (Å²) in [4.78, 5) is 37.7. The van der Waals surface area contributed by atoms with Crippen LogP contribution in [0.4, 0.5) is 0 Å². The Bertz CT molecular complexity index is 1240. The molecule has 1 aromatic carbocycles. The van der Waals surface area contributed by atoms with Crippen molar-refractivity contribution in [3.05, 3.63) is 59.9 Å². The molecular weight excluding hydrogens is 482 g/mol. The highest BCUT2D eigenvalue weighted by Crippen LogP contribution is 2.52. The molecule has 5 rings (SSSR count).